The minimum absolute atomic E-state index is 0.542. The molecule has 4 rings (SSSR count). The van der Waals surface area contributed by atoms with Gasteiger partial charge in [-0.2, -0.15) is 0 Å². The van der Waals surface area contributed by atoms with E-state index in [-0.39, 0.29) is 0 Å². The van der Waals surface area contributed by atoms with Crippen LogP contribution in [0.3, 0.4) is 0 Å². The van der Waals surface area contributed by atoms with E-state index in [0.717, 1.165) is 52.2 Å². The number of rotatable bonds is 9. The summed E-state index contributed by atoms with van der Waals surface area (Å²) in [5.41, 5.74) is 5.51. The van der Waals surface area contributed by atoms with E-state index in [1.165, 1.54) is 5.56 Å². The molecule has 4 nitrogen and oxygen atoms in total. The lowest BCUT2D eigenvalue weighted by atomic mass is 10.1. The zero-order valence-corrected chi connectivity index (χ0v) is 18.1. The van der Waals surface area contributed by atoms with Gasteiger partial charge >= 0.3 is 0 Å². The van der Waals surface area contributed by atoms with Gasteiger partial charge in [0.1, 0.15) is 18.1 Å². The highest BCUT2D eigenvalue weighted by atomic mass is 16.5. The van der Waals surface area contributed by atoms with Gasteiger partial charge in [-0.05, 0) is 55.3 Å². The summed E-state index contributed by atoms with van der Waals surface area (Å²) in [7, 11) is 1.69. The van der Waals surface area contributed by atoms with E-state index in [9.17, 15) is 0 Å². The second-order valence-corrected chi connectivity index (χ2v) is 7.58. The number of nitrogens with one attached hydrogen (secondary N) is 1. The fourth-order valence-corrected chi connectivity index (χ4v) is 3.65. The van der Waals surface area contributed by atoms with Crippen LogP contribution in [0.25, 0.3) is 10.9 Å². The third kappa shape index (κ3) is 5.22. The first-order valence-electron chi connectivity index (χ1n) is 10.6. The Labute approximate surface area is 183 Å². The van der Waals surface area contributed by atoms with Crippen LogP contribution in [-0.4, -0.2) is 18.6 Å². The Morgan fingerprint density at radius 3 is 2.35 bits per heavy atom. The fourth-order valence-electron chi connectivity index (χ4n) is 3.65. The number of aromatic nitrogens is 1. The largest absolute Gasteiger partial charge is 0.497 e. The van der Waals surface area contributed by atoms with Gasteiger partial charge < -0.3 is 14.8 Å². The molecule has 0 bridgehead atoms. The van der Waals surface area contributed by atoms with Crippen molar-refractivity contribution in [3.8, 4) is 11.5 Å². The summed E-state index contributed by atoms with van der Waals surface area (Å²) >= 11 is 0. The lowest BCUT2D eigenvalue weighted by molar-refractivity contribution is 0.307. The normalized spacial score (nSPS) is 10.9. The monoisotopic (exact) mass is 412 g/mol. The molecule has 0 saturated heterocycles. The predicted octanol–water partition coefficient (Wildman–Crippen LogP) is 5.46. The van der Waals surface area contributed by atoms with Gasteiger partial charge in [0.25, 0.3) is 0 Å². The fraction of sp³-hybridized carbons (Fsp3) is 0.222. The summed E-state index contributed by atoms with van der Waals surface area (Å²) in [6, 6.07) is 26.7. The van der Waals surface area contributed by atoms with Crippen molar-refractivity contribution in [1.29, 1.82) is 0 Å². The average molecular weight is 413 g/mol. The van der Waals surface area contributed by atoms with E-state index in [2.05, 4.69) is 42.6 Å². The second-order valence-electron chi connectivity index (χ2n) is 7.58. The molecule has 0 fully saturated rings. The Kier molecular flexibility index (Phi) is 6.80. The van der Waals surface area contributed by atoms with Gasteiger partial charge in [0, 0.05) is 17.5 Å². The summed E-state index contributed by atoms with van der Waals surface area (Å²) in [6.07, 6.45) is 0.952. The van der Waals surface area contributed by atoms with Crippen molar-refractivity contribution in [3.63, 3.8) is 0 Å². The molecule has 31 heavy (non-hydrogen) atoms. The number of hydrogen-bond acceptors (Lipinski definition) is 4. The first-order chi connectivity index (χ1) is 15.2. The molecule has 1 aromatic heterocycles. The third-order valence-corrected chi connectivity index (χ3v) is 5.45. The van der Waals surface area contributed by atoms with E-state index in [1.54, 1.807) is 7.11 Å². The molecule has 0 atom stereocenters. The van der Waals surface area contributed by atoms with Gasteiger partial charge in [-0.25, -0.2) is 0 Å². The Hall–Kier alpha value is -3.37. The highest BCUT2D eigenvalue weighted by molar-refractivity contribution is 5.86. The van der Waals surface area contributed by atoms with Crippen LogP contribution in [0.4, 0.5) is 0 Å². The smallest absolute Gasteiger partial charge is 0.133 e. The summed E-state index contributed by atoms with van der Waals surface area (Å²) in [5, 5.41) is 4.59. The van der Waals surface area contributed by atoms with Crippen LogP contribution in [0.5, 0.6) is 11.5 Å². The van der Waals surface area contributed by atoms with Crippen molar-refractivity contribution >= 4 is 10.9 Å². The van der Waals surface area contributed by atoms with Crippen LogP contribution in [0.2, 0.25) is 0 Å². The number of pyridine rings is 1. The number of fused-ring (bicyclic) bond motifs is 1. The highest BCUT2D eigenvalue weighted by Crippen LogP contribution is 2.31. The Morgan fingerprint density at radius 1 is 0.839 bits per heavy atom. The molecule has 1 N–H and O–H groups in total. The standard InChI is InChI=1S/C27H28N2O2/c1-20-26(18-28-17-16-21-12-14-23(30-2)15-13-21)29-25-11-7-6-10-24(25)27(20)31-19-22-8-4-3-5-9-22/h3-15,28H,16-19H2,1-2H3. The van der Waals surface area contributed by atoms with E-state index in [0.29, 0.717) is 13.2 Å². The third-order valence-electron chi connectivity index (χ3n) is 5.45. The number of nitrogens with zero attached hydrogens (tertiary/aromatic N) is 1. The van der Waals surface area contributed by atoms with E-state index in [4.69, 9.17) is 14.5 Å². The first kappa shape index (κ1) is 20.9. The maximum atomic E-state index is 6.29. The molecule has 1 heterocycles. The number of hydrogen-bond donors (Lipinski definition) is 1. The average Bonchev–Trinajstić information content (AvgIpc) is 2.82. The number of ether oxygens (including phenoxy) is 2. The molecule has 4 aromatic rings. The number of benzene rings is 3. The lowest BCUT2D eigenvalue weighted by Crippen LogP contribution is -2.18. The molecule has 0 radical (unpaired) electrons. The number of para-hydroxylation sites is 1. The van der Waals surface area contributed by atoms with Crippen molar-refractivity contribution in [2.75, 3.05) is 13.7 Å². The van der Waals surface area contributed by atoms with Crippen LogP contribution >= 0.6 is 0 Å². The van der Waals surface area contributed by atoms with Crippen LogP contribution in [0.1, 0.15) is 22.4 Å². The molecule has 4 heteroatoms. The van der Waals surface area contributed by atoms with Crippen molar-refractivity contribution in [2.24, 2.45) is 0 Å². The lowest BCUT2D eigenvalue weighted by Gasteiger charge is -2.16. The molecule has 0 aliphatic heterocycles. The maximum Gasteiger partial charge on any atom is 0.133 e. The molecule has 0 spiro atoms. The minimum Gasteiger partial charge on any atom is -0.497 e. The van der Waals surface area contributed by atoms with Crippen LogP contribution in [0, 0.1) is 6.92 Å². The topological polar surface area (TPSA) is 43.4 Å². The molecule has 0 saturated carbocycles. The quantitative estimate of drug-likeness (QED) is 0.371. The zero-order valence-electron chi connectivity index (χ0n) is 18.1. The van der Waals surface area contributed by atoms with Gasteiger partial charge in [-0.3, -0.25) is 4.98 Å². The maximum absolute atomic E-state index is 6.29. The van der Waals surface area contributed by atoms with Gasteiger partial charge in [0.05, 0.1) is 18.3 Å². The van der Waals surface area contributed by atoms with Crippen molar-refractivity contribution in [2.45, 2.75) is 26.5 Å². The predicted molar refractivity (Wildman–Crippen MR) is 126 cm³/mol. The Morgan fingerprint density at radius 2 is 1.58 bits per heavy atom. The molecule has 3 aromatic carbocycles. The molecule has 158 valence electrons. The SMILES string of the molecule is COc1ccc(CCNCc2nc3ccccc3c(OCc3ccccc3)c2C)cc1. The van der Waals surface area contributed by atoms with Crippen molar-refractivity contribution in [3.05, 3.63) is 101 Å². The molecule has 0 amide bonds. The Balaban J connectivity index is 1.46. The zero-order chi connectivity index (χ0) is 21.5. The summed E-state index contributed by atoms with van der Waals surface area (Å²) in [4.78, 5) is 4.90. The van der Waals surface area contributed by atoms with E-state index >= 15 is 0 Å². The van der Waals surface area contributed by atoms with Gasteiger partial charge in [-0.1, -0.05) is 54.6 Å². The van der Waals surface area contributed by atoms with Crippen LogP contribution in [-0.2, 0) is 19.6 Å². The van der Waals surface area contributed by atoms with Gasteiger partial charge in [-0.15, -0.1) is 0 Å². The summed E-state index contributed by atoms with van der Waals surface area (Å²) in [6.45, 7) is 4.22. The van der Waals surface area contributed by atoms with Crippen LogP contribution in [0.15, 0.2) is 78.9 Å². The first-order valence-corrected chi connectivity index (χ1v) is 10.6. The van der Waals surface area contributed by atoms with E-state index in [1.807, 2.05) is 48.5 Å². The van der Waals surface area contributed by atoms with Gasteiger partial charge in [0.15, 0.2) is 0 Å². The molecule has 0 aliphatic carbocycles. The van der Waals surface area contributed by atoms with E-state index < -0.39 is 0 Å². The second kappa shape index (κ2) is 10.1. The minimum atomic E-state index is 0.542. The highest BCUT2D eigenvalue weighted by Gasteiger charge is 2.13. The van der Waals surface area contributed by atoms with Crippen molar-refractivity contribution in [1.82, 2.24) is 10.3 Å². The summed E-state index contributed by atoms with van der Waals surface area (Å²) in [5.74, 6) is 1.80. The van der Waals surface area contributed by atoms with Crippen molar-refractivity contribution < 1.29 is 9.47 Å². The van der Waals surface area contributed by atoms with Crippen LogP contribution < -0.4 is 14.8 Å². The molecular weight excluding hydrogens is 384 g/mol. The number of methoxy groups -OCH3 is 1. The molecule has 0 unspecified atom stereocenters. The Bertz CT molecular complexity index is 1130. The molecule has 0 aliphatic rings. The summed E-state index contributed by atoms with van der Waals surface area (Å²) < 4.78 is 11.5. The molecular formula is C27H28N2O2. The van der Waals surface area contributed by atoms with Gasteiger partial charge in [0.2, 0.25) is 0 Å².